The summed E-state index contributed by atoms with van der Waals surface area (Å²) in [4.78, 5) is 16.9. The fourth-order valence-corrected chi connectivity index (χ4v) is 4.05. The van der Waals surface area contributed by atoms with Crippen molar-refractivity contribution < 1.29 is 9.53 Å². The quantitative estimate of drug-likeness (QED) is 0.403. The summed E-state index contributed by atoms with van der Waals surface area (Å²) >= 11 is 0. The van der Waals surface area contributed by atoms with E-state index >= 15 is 0 Å². The van der Waals surface area contributed by atoms with Gasteiger partial charge in [-0.3, -0.25) is 9.78 Å². The van der Waals surface area contributed by atoms with Crippen LogP contribution in [0.3, 0.4) is 0 Å². The number of nitrogens with zero attached hydrogens (tertiary/aromatic N) is 1. The van der Waals surface area contributed by atoms with Crippen LogP contribution >= 0.6 is 24.8 Å². The van der Waals surface area contributed by atoms with E-state index in [0.717, 1.165) is 45.6 Å². The second kappa shape index (κ2) is 12.7. The van der Waals surface area contributed by atoms with E-state index in [4.69, 9.17) is 21.2 Å². The van der Waals surface area contributed by atoms with Gasteiger partial charge < -0.3 is 16.2 Å². The number of aryl methyl sites for hydroxylation is 3. The molecule has 184 valence electrons. The van der Waals surface area contributed by atoms with E-state index in [1.807, 2.05) is 19.9 Å². The number of hydrogen-bond donors (Lipinski definition) is 2. The van der Waals surface area contributed by atoms with Crippen LogP contribution < -0.4 is 16.2 Å². The molecule has 0 radical (unpaired) electrons. The Labute approximate surface area is 215 Å². The lowest BCUT2D eigenvalue weighted by Gasteiger charge is -2.22. The van der Waals surface area contributed by atoms with E-state index < -0.39 is 5.91 Å². The smallest absolute Gasteiger partial charge is 0.252 e. The topological polar surface area (TPSA) is 91.2 Å². The number of carbonyl (C=O) groups excluding carboxylic acids is 1. The first kappa shape index (κ1) is 29.4. The number of pyridine rings is 1. The van der Waals surface area contributed by atoms with Crippen molar-refractivity contribution in [2.24, 2.45) is 17.4 Å². The SMILES string of the molecule is Cc1ccc(-c2c(COc3c(C)cccc3C(N)=O)c(C)nc(CC(C)C)c2CN)cc1.Cl.Cl. The standard InChI is InChI=1S/C27H33N3O2.2ClH/c1-16(2)13-24-22(14-28)25(20-11-9-17(3)10-12-20)23(19(5)30-24)15-32-26-18(4)7-6-8-21(26)27(29)31;;/h6-12,16H,13-15,28H2,1-5H3,(H2,29,31);2*1H. The summed E-state index contributed by atoms with van der Waals surface area (Å²) in [5.41, 5.74) is 20.4. The van der Waals surface area contributed by atoms with Gasteiger partial charge in [0, 0.05) is 23.5 Å². The molecular formula is C27H35Cl2N3O2. The van der Waals surface area contributed by atoms with Gasteiger partial charge in [0.15, 0.2) is 0 Å². The number of para-hydroxylation sites is 1. The number of aromatic nitrogens is 1. The molecule has 3 aromatic rings. The molecular weight excluding hydrogens is 469 g/mol. The van der Waals surface area contributed by atoms with E-state index in [9.17, 15) is 4.79 Å². The van der Waals surface area contributed by atoms with Crippen LogP contribution in [-0.2, 0) is 19.6 Å². The maximum atomic E-state index is 11.9. The van der Waals surface area contributed by atoms with Gasteiger partial charge in [0.2, 0.25) is 0 Å². The Morgan fingerprint density at radius 1 is 1.00 bits per heavy atom. The van der Waals surface area contributed by atoms with E-state index in [1.165, 1.54) is 5.56 Å². The van der Waals surface area contributed by atoms with Crippen molar-refractivity contribution in [1.29, 1.82) is 0 Å². The monoisotopic (exact) mass is 503 g/mol. The van der Waals surface area contributed by atoms with Crippen LogP contribution in [0.2, 0.25) is 0 Å². The zero-order valence-electron chi connectivity index (χ0n) is 20.5. The first-order valence-corrected chi connectivity index (χ1v) is 11.0. The van der Waals surface area contributed by atoms with Gasteiger partial charge in [0.1, 0.15) is 12.4 Å². The molecule has 0 atom stereocenters. The van der Waals surface area contributed by atoms with Gasteiger partial charge in [-0.05, 0) is 61.4 Å². The highest BCUT2D eigenvalue weighted by Crippen LogP contribution is 2.34. The minimum atomic E-state index is -0.507. The Bertz CT molecular complexity index is 1130. The number of hydrogen-bond acceptors (Lipinski definition) is 4. The number of halogens is 2. The minimum absolute atomic E-state index is 0. The fourth-order valence-electron chi connectivity index (χ4n) is 4.05. The van der Waals surface area contributed by atoms with Crippen LogP contribution in [0.15, 0.2) is 42.5 Å². The highest BCUT2D eigenvalue weighted by atomic mass is 35.5. The molecule has 3 rings (SSSR count). The Morgan fingerprint density at radius 3 is 2.21 bits per heavy atom. The van der Waals surface area contributed by atoms with E-state index in [-0.39, 0.29) is 31.4 Å². The predicted molar refractivity (Wildman–Crippen MR) is 144 cm³/mol. The first-order chi connectivity index (χ1) is 15.2. The number of rotatable bonds is 8. The van der Waals surface area contributed by atoms with Crippen molar-refractivity contribution in [3.05, 3.63) is 81.7 Å². The summed E-state index contributed by atoms with van der Waals surface area (Å²) in [7, 11) is 0. The molecule has 0 bridgehead atoms. The second-order valence-corrected chi connectivity index (χ2v) is 8.75. The molecule has 0 unspecified atom stereocenters. The third-order valence-corrected chi connectivity index (χ3v) is 5.68. The van der Waals surface area contributed by atoms with E-state index in [0.29, 0.717) is 23.8 Å². The molecule has 1 amide bonds. The zero-order chi connectivity index (χ0) is 23.4. The molecule has 0 fully saturated rings. The van der Waals surface area contributed by atoms with Gasteiger partial charge >= 0.3 is 0 Å². The van der Waals surface area contributed by atoms with Gasteiger partial charge in [-0.25, -0.2) is 0 Å². The lowest BCUT2D eigenvalue weighted by Crippen LogP contribution is -2.16. The number of benzene rings is 2. The number of amides is 1. The maximum absolute atomic E-state index is 11.9. The minimum Gasteiger partial charge on any atom is -0.488 e. The average Bonchev–Trinajstić information content (AvgIpc) is 2.73. The highest BCUT2D eigenvalue weighted by molar-refractivity contribution is 5.96. The van der Waals surface area contributed by atoms with Crippen molar-refractivity contribution in [2.45, 2.75) is 54.2 Å². The number of nitrogens with two attached hydrogens (primary N) is 2. The Morgan fingerprint density at radius 2 is 1.65 bits per heavy atom. The van der Waals surface area contributed by atoms with Gasteiger partial charge in [0.25, 0.3) is 5.91 Å². The molecule has 0 saturated heterocycles. The maximum Gasteiger partial charge on any atom is 0.252 e. The summed E-state index contributed by atoms with van der Waals surface area (Å²) in [6, 6.07) is 13.8. The van der Waals surface area contributed by atoms with Crippen LogP contribution in [0.1, 0.15) is 57.8 Å². The van der Waals surface area contributed by atoms with Gasteiger partial charge in [0.05, 0.1) is 5.56 Å². The molecule has 0 aliphatic rings. The fraction of sp³-hybridized carbons (Fsp3) is 0.333. The first-order valence-electron chi connectivity index (χ1n) is 11.0. The van der Waals surface area contributed by atoms with Crippen LogP contribution in [0.4, 0.5) is 0 Å². The number of ether oxygens (including phenoxy) is 1. The molecule has 2 aromatic carbocycles. The summed E-state index contributed by atoms with van der Waals surface area (Å²) in [6.07, 6.45) is 0.858. The van der Waals surface area contributed by atoms with Crippen LogP contribution in [0, 0.1) is 26.7 Å². The summed E-state index contributed by atoms with van der Waals surface area (Å²) in [5, 5.41) is 0. The van der Waals surface area contributed by atoms with Gasteiger partial charge in [-0.1, -0.05) is 55.8 Å². The molecule has 0 aliphatic heterocycles. The Kier molecular flexibility index (Phi) is 11.0. The van der Waals surface area contributed by atoms with Gasteiger partial charge in [-0.2, -0.15) is 0 Å². The summed E-state index contributed by atoms with van der Waals surface area (Å²) in [6.45, 7) is 11.0. The normalized spacial score (nSPS) is 10.4. The van der Waals surface area contributed by atoms with Crippen molar-refractivity contribution in [1.82, 2.24) is 4.98 Å². The molecule has 0 spiro atoms. The summed E-state index contributed by atoms with van der Waals surface area (Å²) in [5.74, 6) is 0.465. The molecule has 34 heavy (non-hydrogen) atoms. The molecule has 1 aromatic heterocycles. The third kappa shape index (κ3) is 6.50. The predicted octanol–water partition coefficient (Wildman–Crippen LogP) is 5.85. The van der Waals surface area contributed by atoms with Crippen molar-refractivity contribution >= 4 is 30.7 Å². The van der Waals surface area contributed by atoms with Crippen LogP contribution in [-0.4, -0.2) is 10.9 Å². The second-order valence-electron chi connectivity index (χ2n) is 8.75. The lowest BCUT2D eigenvalue weighted by molar-refractivity contribution is 0.0995. The molecule has 7 heteroatoms. The van der Waals surface area contributed by atoms with Crippen LogP contribution in [0.5, 0.6) is 5.75 Å². The Balaban J connectivity index is 0.00000289. The van der Waals surface area contributed by atoms with Crippen molar-refractivity contribution in [3.8, 4) is 16.9 Å². The Hall–Kier alpha value is -2.60. The molecule has 5 nitrogen and oxygen atoms in total. The van der Waals surface area contributed by atoms with Crippen molar-refractivity contribution in [2.75, 3.05) is 0 Å². The summed E-state index contributed by atoms with van der Waals surface area (Å²) < 4.78 is 6.22. The largest absolute Gasteiger partial charge is 0.488 e. The van der Waals surface area contributed by atoms with Crippen molar-refractivity contribution in [3.63, 3.8) is 0 Å². The number of primary amides is 1. The average molecular weight is 505 g/mol. The molecule has 4 N–H and O–H groups in total. The number of carbonyl (C=O) groups is 1. The molecule has 0 saturated carbocycles. The highest BCUT2D eigenvalue weighted by Gasteiger charge is 2.21. The zero-order valence-corrected chi connectivity index (χ0v) is 22.1. The van der Waals surface area contributed by atoms with Crippen LogP contribution in [0.25, 0.3) is 11.1 Å². The van der Waals surface area contributed by atoms with Gasteiger partial charge in [-0.15, -0.1) is 24.8 Å². The van der Waals surface area contributed by atoms with E-state index in [2.05, 4.69) is 45.0 Å². The third-order valence-electron chi connectivity index (χ3n) is 5.68. The molecule has 0 aliphatic carbocycles. The van der Waals surface area contributed by atoms with E-state index in [1.54, 1.807) is 12.1 Å². The lowest BCUT2D eigenvalue weighted by atomic mass is 9.90. The molecule has 1 heterocycles.